The first-order valence-electron chi connectivity index (χ1n) is 9.28. The van der Waals surface area contributed by atoms with Crippen LogP contribution in [0.4, 0.5) is 0 Å². The Morgan fingerprint density at radius 1 is 1.00 bits per heavy atom. The first-order valence-corrected chi connectivity index (χ1v) is 9.28. The van der Waals surface area contributed by atoms with Crippen molar-refractivity contribution in [2.45, 2.75) is 51.0 Å². The lowest BCUT2D eigenvalue weighted by molar-refractivity contribution is 0.256. The molecular weight excluding hydrogens is 294 g/mol. The predicted octanol–water partition coefficient (Wildman–Crippen LogP) is 4.89. The van der Waals surface area contributed by atoms with Gasteiger partial charge in [0.15, 0.2) is 0 Å². The van der Waals surface area contributed by atoms with Crippen LogP contribution < -0.4 is 5.32 Å². The van der Waals surface area contributed by atoms with Crippen molar-refractivity contribution in [3.05, 3.63) is 65.7 Å². The van der Waals surface area contributed by atoms with E-state index in [0.29, 0.717) is 23.6 Å². The minimum Gasteiger partial charge on any atom is -0.508 e. The zero-order valence-electron chi connectivity index (χ0n) is 14.6. The van der Waals surface area contributed by atoms with Crippen LogP contribution in [0.25, 0.3) is 0 Å². The van der Waals surface area contributed by atoms with Crippen molar-refractivity contribution >= 4 is 0 Å². The van der Waals surface area contributed by atoms with Gasteiger partial charge in [0.2, 0.25) is 0 Å². The Hall–Kier alpha value is -1.80. The number of phenolic OH excluding ortho intramolecular Hbond substituents is 1. The minimum atomic E-state index is 0.362. The molecule has 2 aromatic carbocycles. The van der Waals surface area contributed by atoms with Crippen molar-refractivity contribution < 1.29 is 5.11 Å². The van der Waals surface area contributed by atoms with E-state index in [2.05, 4.69) is 54.7 Å². The van der Waals surface area contributed by atoms with Gasteiger partial charge in [-0.2, -0.15) is 0 Å². The molecule has 0 amide bonds. The maximum Gasteiger partial charge on any atom is 0.115 e. The van der Waals surface area contributed by atoms with E-state index in [1.165, 1.54) is 36.8 Å². The molecule has 0 bridgehead atoms. The average Bonchev–Trinajstić information content (AvgIpc) is 2.61. The summed E-state index contributed by atoms with van der Waals surface area (Å²) in [5.74, 6) is 1.71. The van der Waals surface area contributed by atoms with E-state index in [0.717, 1.165) is 13.0 Å². The lowest BCUT2D eigenvalue weighted by atomic mass is 9.76. The molecule has 0 spiro atoms. The number of phenols is 1. The summed E-state index contributed by atoms with van der Waals surface area (Å²) in [5.41, 5.74) is 2.81. The molecule has 3 rings (SSSR count). The van der Waals surface area contributed by atoms with Crippen LogP contribution in [0.2, 0.25) is 0 Å². The van der Waals surface area contributed by atoms with Crippen molar-refractivity contribution in [2.75, 3.05) is 6.54 Å². The summed E-state index contributed by atoms with van der Waals surface area (Å²) in [4.78, 5) is 0. The van der Waals surface area contributed by atoms with Crippen LogP contribution in [0.5, 0.6) is 5.75 Å². The highest BCUT2D eigenvalue weighted by atomic mass is 16.3. The molecule has 0 aromatic heterocycles. The molecule has 2 N–H and O–H groups in total. The van der Waals surface area contributed by atoms with Gasteiger partial charge in [-0.15, -0.1) is 0 Å². The first-order chi connectivity index (χ1) is 11.7. The van der Waals surface area contributed by atoms with E-state index in [1.54, 1.807) is 0 Å². The second kappa shape index (κ2) is 8.34. The van der Waals surface area contributed by atoms with E-state index >= 15 is 0 Å². The van der Waals surface area contributed by atoms with Gasteiger partial charge >= 0.3 is 0 Å². The minimum absolute atomic E-state index is 0.362. The van der Waals surface area contributed by atoms with Gasteiger partial charge in [-0.05, 0) is 73.7 Å². The Morgan fingerprint density at radius 2 is 1.75 bits per heavy atom. The Labute approximate surface area is 145 Å². The zero-order chi connectivity index (χ0) is 16.8. The smallest absolute Gasteiger partial charge is 0.115 e. The van der Waals surface area contributed by atoms with Crippen molar-refractivity contribution in [3.63, 3.8) is 0 Å². The van der Waals surface area contributed by atoms with E-state index in [-0.39, 0.29) is 0 Å². The summed E-state index contributed by atoms with van der Waals surface area (Å²) in [6.07, 6.45) is 6.09. The Balaban J connectivity index is 1.41. The second-order valence-electron chi connectivity index (χ2n) is 7.23. The molecule has 0 aliphatic heterocycles. The second-order valence-corrected chi connectivity index (χ2v) is 7.23. The van der Waals surface area contributed by atoms with Crippen molar-refractivity contribution in [3.8, 4) is 5.75 Å². The molecule has 2 heteroatoms. The molecule has 3 atom stereocenters. The maximum absolute atomic E-state index is 9.44. The van der Waals surface area contributed by atoms with Crippen LogP contribution in [0.15, 0.2) is 54.6 Å². The standard InChI is InChI=1S/C22H29NO/c1-17-16-20(19-9-12-21(24)13-10-19)11-14-22(17)23-15-5-8-18-6-3-2-4-7-18/h2-4,6-7,9-10,12-13,17,20,22-24H,5,8,11,14-16H2,1H3. The van der Waals surface area contributed by atoms with Crippen LogP contribution in [-0.2, 0) is 6.42 Å². The zero-order valence-corrected chi connectivity index (χ0v) is 14.6. The molecule has 0 radical (unpaired) electrons. The van der Waals surface area contributed by atoms with Gasteiger partial charge in [0.05, 0.1) is 0 Å². The fourth-order valence-corrected chi connectivity index (χ4v) is 3.97. The SMILES string of the molecule is CC1CC(c2ccc(O)cc2)CCC1NCCCc1ccccc1. The largest absolute Gasteiger partial charge is 0.508 e. The molecular formula is C22H29NO. The summed E-state index contributed by atoms with van der Waals surface area (Å²) in [6, 6.07) is 19.2. The van der Waals surface area contributed by atoms with Gasteiger partial charge in [0.25, 0.3) is 0 Å². The molecule has 2 nitrogen and oxygen atoms in total. The average molecular weight is 323 g/mol. The number of nitrogens with one attached hydrogen (secondary N) is 1. The quantitative estimate of drug-likeness (QED) is 0.742. The molecule has 0 saturated heterocycles. The molecule has 1 fully saturated rings. The van der Waals surface area contributed by atoms with Crippen LogP contribution in [0, 0.1) is 5.92 Å². The van der Waals surface area contributed by atoms with Crippen LogP contribution in [0.3, 0.4) is 0 Å². The number of hydrogen-bond acceptors (Lipinski definition) is 2. The van der Waals surface area contributed by atoms with Crippen molar-refractivity contribution in [1.82, 2.24) is 5.32 Å². The first kappa shape index (κ1) is 17.0. The number of benzene rings is 2. The molecule has 128 valence electrons. The number of hydrogen-bond donors (Lipinski definition) is 2. The van der Waals surface area contributed by atoms with E-state index < -0.39 is 0 Å². The third kappa shape index (κ3) is 4.61. The molecule has 2 aromatic rings. The Kier molecular flexibility index (Phi) is 5.92. The van der Waals surface area contributed by atoms with E-state index in [4.69, 9.17) is 0 Å². The molecule has 1 aliphatic rings. The highest BCUT2D eigenvalue weighted by Crippen LogP contribution is 2.36. The van der Waals surface area contributed by atoms with Crippen molar-refractivity contribution in [2.24, 2.45) is 5.92 Å². The third-order valence-corrected chi connectivity index (χ3v) is 5.43. The maximum atomic E-state index is 9.44. The highest BCUT2D eigenvalue weighted by Gasteiger charge is 2.27. The number of aromatic hydroxyl groups is 1. The van der Waals surface area contributed by atoms with Gasteiger partial charge < -0.3 is 10.4 Å². The van der Waals surface area contributed by atoms with Crippen molar-refractivity contribution in [1.29, 1.82) is 0 Å². The van der Waals surface area contributed by atoms with Gasteiger partial charge in [-0.3, -0.25) is 0 Å². The Morgan fingerprint density at radius 3 is 2.46 bits per heavy atom. The summed E-state index contributed by atoms with van der Waals surface area (Å²) in [5, 5.41) is 13.2. The fourth-order valence-electron chi connectivity index (χ4n) is 3.97. The van der Waals surface area contributed by atoms with Crippen LogP contribution in [-0.4, -0.2) is 17.7 Å². The normalized spacial score (nSPS) is 24.0. The van der Waals surface area contributed by atoms with Gasteiger partial charge in [-0.25, -0.2) is 0 Å². The summed E-state index contributed by atoms with van der Waals surface area (Å²) in [6.45, 7) is 3.48. The molecule has 3 unspecified atom stereocenters. The highest BCUT2D eigenvalue weighted by molar-refractivity contribution is 5.28. The Bertz CT molecular complexity index is 608. The molecule has 24 heavy (non-hydrogen) atoms. The topological polar surface area (TPSA) is 32.3 Å². The fraction of sp³-hybridized carbons (Fsp3) is 0.455. The predicted molar refractivity (Wildman–Crippen MR) is 100 cm³/mol. The number of aryl methyl sites for hydroxylation is 1. The van der Waals surface area contributed by atoms with E-state index in [9.17, 15) is 5.11 Å². The number of rotatable bonds is 6. The van der Waals surface area contributed by atoms with Gasteiger partial charge in [0, 0.05) is 6.04 Å². The lowest BCUT2D eigenvalue weighted by Gasteiger charge is -2.35. The lowest BCUT2D eigenvalue weighted by Crippen LogP contribution is -2.39. The molecule has 0 heterocycles. The summed E-state index contributed by atoms with van der Waals surface area (Å²) in [7, 11) is 0. The summed E-state index contributed by atoms with van der Waals surface area (Å²) < 4.78 is 0. The van der Waals surface area contributed by atoms with Crippen LogP contribution >= 0.6 is 0 Å². The molecule has 1 saturated carbocycles. The van der Waals surface area contributed by atoms with Crippen LogP contribution in [0.1, 0.15) is 49.7 Å². The van der Waals surface area contributed by atoms with E-state index in [1.807, 2.05) is 12.1 Å². The van der Waals surface area contributed by atoms with Gasteiger partial charge in [-0.1, -0.05) is 49.4 Å². The summed E-state index contributed by atoms with van der Waals surface area (Å²) >= 11 is 0. The third-order valence-electron chi connectivity index (χ3n) is 5.43. The van der Waals surface area contributed by atoms with Gasteiger partial charge in [0.1, 0.15) is 5.75 Å². The molecule has 1 aliphatic carbocycles. The monoisotopic (exact) mass is 323 g/mol.